The molecule has 0 spiro atoms. The van der Waals surface area contributed by atoms with Crippen LogP contribution in [0.2, 0.25) is 0 Å². The van der Waals surface area contributed by atoms with Crippen molar-refractivity contribution in [3.05, 3.63) is 29.6 Å². The van der Waals surface area contributed by atoms with E-state index < -0.39 is 18.3 Å². The molecule has 0 saturated carbocycles. The highest BCUT2D eigenvalue weighted by Crippen LogP contribution is 2.36. The lowest BCUT2D eigenvalue weighted by Crippen LogP contribution is -2.47. The number of rotatable bonds is 3. The van der Waals surface area contributed by atoms with Gasteiger partial charge in [-0.05, 0) is 39.3 Å². The molecular formula is C17H24BFN2O3. The van der Waals surface area contributed by atoms with E-state index in [1.807, 2.05) is 38.7 Å². The normalized spacial score (nSPS) is 23.4. The van der Waals surface area contributed by atoms with Crippen molar-refractivity contribution in [3.63, 3.8) is 0 Å². The fraction of sp³-hybridized carbons (Fsp3) is 0.588. The van der Waals surface area contributed by atoms with Crippen LogP contribution in [-0.4, -0.2) is 48.8 Å². The number of amides is 1. The molecule has 0 aromatic heterocycles. The van der Waals surface area contributed by atoms with E-state index in [0.717, 1.165) is 12.1 Å². The fourth-order valence-corrected chi connectivity index (χ4v) is 2.91. The zero-order valence-electron chi connectivity index (χ0n) is 14.7. The number of carbonyl (C=O) groups is 1. The summed E-state index contributed by atoms with van der Waals surface area (Å²) in [4.78, 5) is 13.4. The van der Waals surface area contributed by atoms with Crippen LogP contribution in [0.3, 0.4) is 0 Å². The lowest BCUT2D eigenvalue weighted by atomic mass is 9.78. The number of hydrogen-bond donors (Lipinski definition) is 1. The third-order valence-electron chi connectivity index (χ3n) is 5.10. The van der Waals surface area contributed by atoms with Gasteiger partial charge < -0.3 is 14.6 Å². The zero-order chi connectivity index (χ0) is 17.5. The molecule has 130 valence electrons. The van der Waals surface area contributed by atoms with E-state index in [1.165, 1.54) is 6.07 Å². The largest absolute Gasteiger partial charge is 0.497 e. The first-order valence-corrected chi connectivity index (χ1v) is 8.31. The highest BCUT2D eigenvalue weighted by atomic mass is 19.1. The summed E-state index contributed by atoms with van der Waals surface area (Å²) in [6.45, 7) is 10.1. The third-order valence-corrected chi connectivity index (χ3v) is 5.10. The highest BCUT2D eigenvalue weighted by Gasteiger charge is 2.52. The number of nitrogens with zero attached hydrogens (tertiary/aromatic N) is 1. The molecule has 2 fully saturated rings. The molecule has 5 nitrogen and oxygen atoms in total. The van der Waals surface area contributed by atoms with Gasteiger partial charge in [0.2, 0.25) is 5.91 Å². The molecule has 24 heavy (non-hydrogen) atoms. The topological polar surface area (TPSA) is 50.8 Å². The summed E-state index contributed by atoms with van der Waals surface area (Å²) in [6.07, 6.45) is 0. The summed E-state index contributed by atoms with van der Waals surface area (Å²) >= 11 is 0. The van der Waals surface area contributed by atoms with Crippen LogP contribution < -0.4 is 10.8 Å². The Bertz CT molecular complexity index is 635. The Hall–Kier alpha value is -1.44. The van der Waals surface area contributed by atoms with Crippen molar-refractivity contribution < 1.29 is 18.5 Å². The maximum absolute atomic E-state index is 14.6. The van der Waals surface area contributed by atoms with Gasteiger partial charge in [-0.3, -0.25) is 9.69 Å². The first-order chi connectivity index (χ1) is 11.2. The number of nitrogens with one attached hydrogen (secondary N) is 1. The van der Waals surface area contributed by atoms with Gasteiger partial charge in [-0.2, -0.15) is 0 Å². The minimum absolute atomic E-state index is 0.00978. The van der Waals surface area contributed by atoms with E-state index in [-0.39, 0.29) is 11.7 Å². The molecule has 1 aromatic rings. The van der Waals surface area contributed by atoms with E-state index >= 15 is 0 Å². The molecule has 1 amide bonds. The lowest BCUT2D eigenvalue weighted by molar-refractivity contribution is -0.124. The van der Waals surface area contributed by atoms with Crippen LogP contribution >= 0.6 is 0 Å². The maximum Gasteiger partial charge on any atom is 0.497 e. The third kappa shape index (κ3) is 3.34. The van der Waals surface area contributed by atoms with Crippen LogP contribution in [0, 0.1) is 5.82 Å². The maximum atomic E-state index is 14.6. The number of benzene rings is 1. The van der Waals surface area contributed by atoms with Crippen molar-refractivity contribution in [2.24, 2.45) is 0 Å². The van der Waals surface area contributed by atoms with Crippen LogP contribution in [0.1, 0.15) is 33.3 Å². The Balaban J connectivity index is 1.73. The van der Waals surface area contributed by atoms with Gasteiger partial charge in [0.1, 0.15) is 5.82 Å². The van der Waals surface area contributed by atoms with Gasteiger partial charge in [0.15, 0.2) is 0 Å². The first-order valence-electron chi connectivity index (χ1n) is 8.31. The van der Waals surface area contributed by atoms with Gasteiger partial charge >= 0.3 is 7.12 Å². The minimum Gasteiger partial charge on any atom is -0.399 e. The van der Waals surface area contributed by atoms with Crippen molar-refractivity contribution in [1.82, 2.24) is 10.2 Å². The Morgan fingerprint density at radius 3 is 2.50 bits per heavy atom. The lowest BCUT2D eigenvalue weighted by Gasteiger charge is -2.32. The van der Waals surface area contributed by atoms with Crippen LogP contribution in [0.5, 0.6) is 0 Å². The molecule has 2 saturated heterocycles. The molecule has 3 rings (SSSR count). The van der Waals surface area contributed by atoms with Gasteiger partial charge in [0.05, 0.1) is 17.7 Å². The average Bonchev–Trinajstić information content (AvgIpc) is 2.67. The molecule has 0 atom stereocenters. The molecule has 0 aliphatic carbocycles. The van der Waals surface area contributed by atoms with Crippen LogP contribution in [0.4, 0.5) is 4.39 Å². The SMILES string of the molecule is CC1(C)OB(c2ccc(CN3CCNC(=O)C3)cc2F)OC1(C)C. The number of hydrogen-bond acceptors (Lipinski definition) is 4. The molecule has 1 aromatic carbocycles. The van der Waals surface area contributed by atoms with E-state index in [4.69, 9.17) is 9.31 Å². The Morgan fingerprint density at radius 2 is 1.92 bits per heavy atom. The van der Waals surface area contributed by atoms with Gasteiger partial charge in [-0.25, -0.2) is 4.39 Å². The van der Waals surface area contributed by atoms with E-state index in [1.54, 1.807) is 6.07 Å². The van der Waals surface area contributed by atoms with Crippen molar-refractivity contribution in [3.8, 4) is 0 Å². The second-order valence-corrected chi connectivity index (χ2v) is 7.50. The quantitative estimate of drug-likeness (QED) is 0.840. The second kappa shape index (κ2) is 6.13. The molecule has 0 unspecified atom stereocenters. The summed E-state index contributed by atoms with van der Waals surface area (Å²) in [5.41, 5.74) is 0.254. The molecule has 2 aliphatic heterocycles. The predicted molar refractivity (Wildman–Crippen MR) is 90.4 cm³/mol. The molecular weight excluding hydrogens is 310 g/mol. The van der Waals surface area contributed by atoms with Crippen molar-refractivity contribution in [1.29, 1.82) is 0 Å². The standard InChI is InChI=1S/C17H24BFN2O3/c1-16(2)17(3,4)24-18(23-16)13-6-5-12(9-14(13)19)10-21-8-7-20-15(22)11-21/h5-6,9H,7-8,10-11H2,1-4H3,(H,20,22). The Labute approximate surface area is 142 Å². The molecule has 7 heteroatoms. The van der Waals surface area contributed by atoms with Crippen molar-refractivity contribution in [2.45, 2.75) is 45.4 Å². The highest BCUT2D eigenvalue weighted by molar-refractivity contribution is 6.62. The van der Waals surface area contributed by atoms with E-state index in [2.05, 4.69) is 5.32 Å². The monoisotopic (exact) mass is 334 g/mol. The number of halogens is 1. The fourth-order valence-electron chi connectivity index (χ4n) is 2.91. The molecule has 0 radical (unpaired) electrons. The van der Waals surface area contributed by atoms with Crippen LogP contribution in [0.15, 0.2) is 18.2 Å². The molecule has 2 heterocycles. The number of carbonyl (C=O) groups excluding carboxylic acids is 1. The smallest absolute Gasteiger partial charge is 0.399 e. The summed E-state index contributed by atoms with van der Waals surface area (Å²) in [6, 6.07) is 5.10. The number of piperazine rings is 1. The molecule has 2 aliphatic rings. The Morgan fingerprint density at radius 1 is 1.25 bits per heavy atom. The van der Waals surface area contributed by atoms with Crippen molar-refractivity contribution in [2.75, 3.05) is 19.6 Å². The van der Waals surface area contributed by atoms with Crippen LogP contribution in [0.25, 0.3) is 0 Å². The summed E-state index contributed by atoms with van der Waals surface area (Å²) in [5, 5.41) is 2.78. The molecule has 1 N–H and O–H groups in total. The second-order valence-electron chi connectivity index (χ2n) is 7.50. The summed E-state index contributed by atoms with van der Waals surface area (Å²) in [5.74, 6) is -0.331. The summed E-state index contributed by atoms with van der Waals surface area (Å²) < 4.78 is 26.4. The van der Waals surface area contributed by atoms with Gasteiger partial charge in [-0.15, -0.1) is 0 Å². The zero-order valence-corrected chi connectivity index (χ0v) is 14.7. The summed E-state index contributed by atoms with van der Waals surface area (Å²) in [7, 11) is -0.704. The average molecular weight is 334 g/mol. The molecule has 0 bridgehead atoms. The van der Waals surface area contributed by atoms with Crippen molar-refractivity contribution >= 4 is 18.5 Å². The van der Waals surface area contributed by atoms with Gasteiger partial charge in [0, 0.05) is 25.1 Å². The first kappa shape index (κ1) is 17.4. The minimum atomic E-state index is -0.704. The predicted octanol–water partition coefficient (Wildman–Crippen LogP) is 1.06. The Kier molecular flexibility index (Phi) is 4.44. The van der Waals surface area contributed by atoms with E-state index in [9.17, 15) is 9.18 Å². The van der Waals surface area contributed by atoms with E-state index in [0.29, 0.717) is 25.1 Å². The van der Waals surface area contributed by atoms with Gasteiger partial charge in [0.25, 0.3) is 0 Å². The van der Waals surface area contributed by atoms with Crippen LogP contribution in [-0.2, 0) is 20.6 Å². The van der Waals surface area contributed by atoms with Gasteiger partial charge in [-0.1, -0.05) is 12.1 Å².